The van der Waals surface area contributed by atoms with Gasteiger partial charge in [-0.05, 0) is 12.5 Å². The summed E-state index contributed by atoms with van der Waals surface area (Å²) in [6.07, 6.45) is 6.81. The van der Waals surface area contributed by atoms with E-state index in [1.54, 1.807) is 10.8 Å². The number of aromatic hydroxyl groups is 1. The second kappa shape index (κ2) is 3.49. The van der Waals surface area contributed by atoms with Crippen molar-refractivity contribution in [3.8, 4) is 11.6 Å². The molecule has 0 fully saturated rings. The molecule has 5 heteroatoms. The van der Waals surface area contributed by atoms with Crippen LogP contribution in [0.2, 0.25) is 0 Å². The van der Waals surface area contributed by atoms with Gasteiger partial charge < -0.3 is 10.1 Å². The number of rotatable bonds is 1. The summed E-state index contributed by atoms with van der Waals surface area (Å²) in [5.74, 6) is 0.232. The fraction of sp³-hybridized carbons (Fsp3) is 0.188. The average Bonchev–Trinajstić information content (AvgIpc) is 3.23. The highest BCUT2D eigenvalue weighted by molar-refractivity contribution is 5.88. The molecule has 0 saturated heterocycles. The van der Waals surface area contributed by atoms with Crippen molar-refractivity contribution in [2.75, 3.05) is 0 Å². The molecule has 2 aliphatic rings. The van der Waals surface area contributed by atoms with E-state index in [9.17, 15) is 9.90 Å². The van der Waals surface area contributed by atoms with Gasteiger partial charge in [0.1, 0.15) is 0 Å². The Balaban J connectivity index is 1.85. The average molecular weight is 279 g/mol. The predicted octanol–water partition coefficient (Wildman–Crippen LogP) is 2.42. The number of fused-ring (bicyclic) bond motifs is 6. The number of nitrogens with zero attached hydrogens (tertiary/aromatic N) is 2. The molecule has 2 atom stereocenters. The van der Waals surface area contributed by atoms with E-state index in [2.05, 4.69) is 17.1 Å². The van der Waals surface area contributed by atoms with Gasteiger partial charge in [0.2, 0.25) is 5.88 Å². The van der Waals surface area contributed by atoms with Crippen LogP contribution in [0.15, 0.2) is 47.4 Å². The van der Waals surface area contributed by atoms with Gasteiger partial charge in [0.25, 0.3) is 0 Å². The van der Waals surface area contributed by atoms with E-state index in [0.29, 0.717) is 5.69 Å². The lowest BCUT2D eigenvalue weighted by atomic mass is 10.1. The number of para-hydroxylation sites is 1. The fourth-order valence-corrected chi connectivity index (χ4v) is 3.72. The first kappa shape index (κ1) is 11.0. The first-order valence-corrected chi connectivity index (χ1v) is 7.06. The fourth-order valence-electron chi connectivity index (χ4n) is 3.72. The smallest absolute Gasteiger partial charge is 0.336 e. The third-order valence-corrected chi connectivity index (χ3v) is 4.65. The van der Waals surface area contributed by atoms with Gasteiger partial charge in [-0.15, -0.1) is 0 Å². The summed E-state index contributed by atoms with van der Waals surface area (Å²) in [5, 5.41) is 11.5. The summed E-state index contributed by atoms with van der Waals surface area (Å²) in [6.45, 7) is 0. The van der Waals surface area contributed by atoms with E-state index in [0.717, 1.165) is 23.0 Å². The highest BCUT2D eigenvalue weighted by atomic mass is 16.3. The summed E-state index contributed by atoms with van der Waals surface area (Å²) in [4.78, 5) is 15.9. The molecule has 2 bridgehead atoms. The van der Waals surface area contributed by atoms with Crippen LogP contribution in [0.3, 0.4) is 0 Å². The SMILES string of the molecule is O=c1n(-c2c[nH]c3ccccc23)c(O)c2n1[C@H]1C=C[C@@H]2C1. The normalized spacial score (nSPS) is 22.3. The Morgan fingerprint density at radius 3 is 2.95 bits per heavy atom. The van der Waals surface area contributed by atoms with E-state index >= 15 is 0 Å². The number of benzene rings is 1. The zero-order valence-electron chi connectivity index (χ0n) is 11.2. The highest BCUT2D eigenvalue weighted by Crippen LogP contribution is 2.46. The van der Waals surface area contributed by atoms with Crippen LogP contribution >= 0.6 is 0 Å². The zero-order chi connectivity index (χ0) is 14.1. The Morgan fingerprint density at radius 1 is 1.24 bits per heavy atom. The van der Waals surface area contributed by atoms with E-state index in [-0.39, 0.29) is 23.5 Å². The molecule has 0 saturated carbocycles. The monoisotopic (exact) mass is 279 g/mol. The van der Waals surface area contributed by atoms with Gasteiger partial charge in [-0.1, -0.05) is 30.4 Å². The third kappa shape index (κ3) is 1.19. The molecule has 5 rings (SSSR count). The van der Waals surface area contributed by atoms with Gasteiger partial charge in [-0.2, -0.15) is 0 Å². The maximum absolute atomic E-state index is 12.7. The number of hydrogen-bond donors (Lipinski definition) is 2. The van der Waals surface area contributed by atoms with Crippen molar-refractivity contribution < 1.29 is 5.11 Å². The molecule has 5 nitrogen and oxygen atoms in total. The van der Waals surface area contributed by atoms with Crippen LogP contribution in [-0.4, -0.2) is 19.2 Å². The topological polar surface area (TPSA) is 62.9 Å². The highest BCUT2D eigenvalue weighted by Gasteiger charge is 2.39. The minimum atomic E-state index is -0.163. The van der Waals surface area contributed by atoms with Crippen molar-refractivity contribution >= 4 is 10.9 Å². The summed E-state index contributed by atoms with van der Waals surface area (Å²) in [5.41, 5.74) is 2.24. The number of H-pyrrole nitrogens is 1. The lowest BCUT2D eigenvalue weighted by Gasteiger charge is -2.05. The van der Waals surface area contributed by atoms with Crippen molar-refractivity contribution in [2.45, 2.75) is 18.4 Å². The minimum absolute atomic E-state index is 0.0709. The molecule has 3 heterocycles. The van der Waals surface area contributed by atoms with Crippen molar-refractivity contribution in [1.29, 1.82) is 0 Å². The van der Waals surface area contributed by atoms with Crippen LogP contribution in [0.5, 0.6) is 5.88 Å². The zero-order valence-corrected chi connectivity index (χ0v) is 11.2. The number of aromatic nitrogens is 3. The quantitative estimate of drug-likeness (QED) is 0.672. The van der Waals surface area contributed by atoms with E-state index in [4.69, 9.17) is 0 Å². The van der Waals surface area contributed by atoms with E-state index in [1.807, 2.05) is 24.3 Å². The lowest BCUT2D eigenvalue weighted by molar-refractivity contribution is 0.433. The Bertz CT molecular complexity index is 973. The van der Waals surface area contributed by atoms with Crippen molar-refractivity contribution in [1.82, 2.24) is 14.1 Å². The molecule has 2 aromatic heterocycles. The van der Waals surface area contributed by atoms with Crippen LogP contribution in [0, 0.1) is 0 Å². The van der Waals surface area contributed by atoms with Gasteiger partial charge in [0, 0.05) is 23.0 Å². The number of hydrogen-bond acceptors (Lipinski definition) is 2. The molecule has 0 unspecified atom stereocenters. The molecule has 21 heavy (non-hydrogen) atoms. The molecule has 1 aliphatic carbocycles. The van der Waals surface area contributed by atoms with Crippen LogP contribution in [0.4, 0.5) is 0 Å². The van der Waals surface area contributed by atoms with Crippen molar-refractivity contribution in [3.63, 3.8) is 0 Å². The summed E-state index contributed by atoms with van der Waals surface area (Å²) in [6, 6.07) is 7.86. The number of aromatic amines is 1. The minimum Gasteiger partial charge on any atom is -0.493 e. The van der Waals surface area contributed by atoms with Gasteiger partial charge >= 0.3 is 5.69 Å². The van der Waals surface area contributed by atoms with Crippen LogP contribution in [0.1, 0.15) is 24.1 Å². The second-order valence-corrected chi connectivity index (χ2v) is 5.71. The van der Waals surface area contributed by atoms with Crippen LogP contribution in [0.25, 0.3) is 16.6 Å². The Kier molecular flexibility index (Phi) is 1.83. The first-order valence-electron chi connectivity index (χ1n) is 7.06. The lowest BCUT2D eigenvalue weighted by Crippen LogP contribution is -2.24. The second-order valence-electron chi connectivity index (χ2n) is 5.71. The molecule has 1 aliphatic heterocycles. The summed E-state index contributed by atoms with van der Waals surface area (Å²) in [7, 11) is 0. The molecule has 0 spiro atoms. The first-order chi connectivity index (χ1) is 10.3. The summed E-state index contributed by atoms with van der Waals surface area (Å²) >= 11 is 0. The third-order valence-electron chi connectivity index (χ3n) is 4.65. The van der Waals surface area contributed by atoms with Gasteiger partial charge in [-0.3, -0.25) is 4.57 Å². The van der Waals surface area contributed by atoms with Gasteiger partial charge in [0.05, 0.1) is 17.4 Å². The Morgan fingerprint density at radius 2 is 2.10 bits per heavy atom. The molecular formula is C16H13N3O2. The number of allylic oxidation sites excluding steroid dienone is 2. The summed E-state index contributed by atoms with van der Waals surface area (Å²) < 4.78 is 3.14. The van der Waals surface area contributed by atoms with Crippen LogP contribution < -0.4 is 5.69 Å². The molecule has 104 valence electrons. The molecule has 1 aromatic carbocycles. The largest absolute Gasteiger partial charge is 0.493 e. The van der Waals surface area contributed by atoms with Gasteiger partial charge in [0.15, 0.2) is 0 Å². The molecule has 3 aromatic rings. The Labute approximate surface area is 119 Å². The van der Waals surface area contributed by atoms with Crippen molar-refractivity contribution in [2.24, 2.45) is 0 Å². The molecule has 2 N–H and O–H groups in total. The molecular weight excluding hydrogens is 266 g/mol. The predicted molar refractivity (Wildman–Crippen MR) is 79.1 cm³/mol. The Hall–Kier alpha value is -2.69. The maximum atomic E-state index is 12.7. The number of nitrogens with one attached hydrogen (secondary N) is 1. The number of imidazole rings is 1. The van der Waals surface area contributed by atoms with E-state index in [1.165, 1.54) is 4.57 Å². The van der Waals surface area contributed by atoms with Crippen molar-refractivity contribution in [3.05, 3.63) is 58.8 Å². The van der Waals surface area contributed by atoms with Gasteiger partial charge in [-0.25, -0.2) is 9.36 Å². The molecule has 0 amide bonds. The van der Waals surface area contributed by atoms with Crippen LogP contribution in [-0.2, 0) is 0 Å². The molecule has 0 radical (unpaired) electrons. The standard InChI is InChI=1S/C16H13N3O2/c20-15-14-9-5-6-10(7-9)18(14)16(21)19(15)13-8-17-12-4-2-1-3-11(12)13/h1-6,8-10,17,20H,7H2/t9-,10+/m1/s1. The van der Waals surface area contributed by atoms with E-state index < -0.39 is 0 Å². The maximum Gasteiger partial charge on any atom is 0.336 e.